The Balaban J connectivity index is 3.75. The summed E-state index contributed by atoms with van der Waals surface area (Å²) in [5, 5.41) is 16.1. The number of carboxylic acids is 2. The predicted octanol–water partition coefficient (Wildman–Crippen LogP) is -0.745. The van der Waals surface area contributed by atoms with Gasteiger partial charge in [0.05, 0.1) is 0 Å². The van der Waals surface area contributed by atoms with Gasteiger partial charge in [0.1, 0.15) is 0 Å². The van der Waals surface area contributed by atoms with E-state index < -0.39 is 24.5 Å². The first-order chi connectivity index (χ1) is 5.52. The minimum atomic E-state index is -1.30. The first kappa shape index (κ1) is 10.2. The normalized spacial score (nSPS) is 9.67. The number of aliphatic carboxylic acids is 2. The van der Waals surface area contributed by atoms with Crippen molar-refractivity contribution in [3.8, 4) is 0 Å². The number of esters is 1. The Morgan fingerprint density at radius 1 is 1.17 bits per heavy atom. The van der Waals surface area contributed by atoms with E-state index in [9.17, 15) is 14.4 Å². The maximum atomic E-state index is 10.4. The first-order valence-corrected chi connectivity index (χ1v) is 2.82. The van der Waals surface area contributed by atoms with Gasteiger partial charge < -0.3 is 14.9 Å². The van der Waals surface area contributed by atoms with Gasteiger partial charge in [-0.2, -0.15) is 0 Å². The lowest BCUT2D eigenvalue weighted by molar-refractivity contribution is -0.151. The molecule has 0 aliphatic rings. The second-order valence-corrected chi connectivity index (χ2v) is 1.67. The van der Waals surface area contributed by atoms with Crippen LogP contribution in [0.2, 0.25) is 0 Å². The average molecular weight is 174 g/mol. The number of rotatable bonds is 4. The topological polar surface area (TPSA) is 101 Å². The van der Waals surface area contributed by atoms with E-state index in [4.69, 9.17) is 10.2 Å². The summed E-state index contributed by atoms with van der Waals surface area (Å²) < 4.78 is 4.07. The quantitative estimate of drug-likeness (QED) is 0.429. The van der Waals surface area contributed by atoms with E-state index in [1.807, 2.05) is 0 Å². The van der Waals surface area contributed by atoms with Crippen molar-refractivity contribution in [1.29, 1.82) is 0 Å². The number of carbonyl (C=O) groups excluding carboxylic acids is 1. The van der Waals surface area contributed by atoms with Gasteiger partial charge in [0.25, 0.3) is 0 Å². The highest BCUT2D eigenvalue weighted by Crippen LogP contribution is 1.81. The predicted molar refractivity (Wildman–Crippen MR) is 35.4 cm³/mol. The molecule has 0 radical (unpaired) electrons. The molecule has 0 fully saturated rings. The number of hydrogen-bond donors (Lipinski definition) is 2. The zero-order valence-electron chi connectivity index (χ0n) is 5.89. The monoisotopic (exact) mass is 174 g/mol. The van der Waals surface area contributed by atoms with Crippen molar-refractivity contribution in [3.05, 3.63) is 12.2 Å². The molecule has 2 N–H and O–H groups in total. The minimum Gasteiger partial charge on any atom is -0.479 e. The van der Waals surface area contributed by atoms with Crippen molar-refractivity contribution in [2.45, 2.75) is 0 Å². The molecule has 0 rings (SSSR count). The van der Waals surface area contributed by atoms with Crippen molar-refractivity contribution in [3.63, 3.8) is 0 Å². The smallest absolute Gasteiger partial charge is 0.341 e. The summed E-state index contributed by atoms with van der Waals surface area (Å²) >= 11 is 0. The van der Waals surface area contributed by atoms with Crippen molar-refractivity contribution >= 4 is 17.9 Å². The van der Waals surface area contributed by atoms with Gasteiger partial charge in [-0.3, -0.25) is 0 Å². The van der Waals surface area contributed by atoms with Crippen LogP contribution >= 0.6 is 0 Å². The Kier molecular flexibility index (Phi) is 4.13. The fourth-order valence-electron chi connectivity index (χ4n) is 0.320. The van der Waals surface area contributed by atoms with Gasteiger partial charge in [0.2, 0.25) is 0 Å². The number of carboxylic acid groups (broad SMARTS) is 2. The third-order valence-corrected chi connectivity index (χ3v) is 0.700. The van der Waals surface area contributed by atoms with Crippen LogP contribution in [-0.4, -0.2) is 34.7 Å². The third kappa shape index (κ3) is 6.27. The SMILES string of the molecule is O=C(O)C=CC(=O)OCC(=O)O. The van der Waals surface area contributed by atoms with E-state index in [1.54, 1.807) is 0 Å². The van der Waals surface area contributed by atoms with Gasteiger partial charge in [-0.15, -0.1) is 0 Å². The zero-order valence-corrected chi connectivity index (χ0v) is 5.89. The highest BCUT2D eigenvalue weighted by molar-refractivity contribution is 5.91. The Hall–Kier alpha value is -1.85. The Bertz CT molecular complexity index is 228. The van der Waals surface area contributed by atoms with Gasteiger partial charge >= 0.3 is 17.9 Å². The summed E-state index contributed by atoms with van der Waals surface area (Å²) in [5.74, 6) is -3.60. The maximum Gasteiger partial charge on any atom is 0.341 e. The van der Waals surface area contributed by atoms with E-state index in [-0.39, 0.29) is 0 Å². The molecule has 66 valence electrons. The fourth-order valence-corrected chi connectivity index (χ4v) is 0.320. The third-order valence-electron chi connectivity index (χ3n) is 0.700. The van der Waals surface area contributed by atoms with Crippen LogP contribution < -0.4 is 0 Å². The van der Waals surface area contributed by atoms with E-state index in [2.05, 4.69) is 4.74 Å². The largest absolute Gasteiger partial charge is 0.479 e. The Morgan fingerprint density at radius 3 is 2.17 bits per heavy atom. The number of hydrogen-bond acceptors (Lipinski definition) is 4. The fraction of sp³-hybridized carbons (Fsp3) is 0.167. The summed E-state index contributed by atoms with van der Waals surface area (Å²) in [6.07, 6.45) is 1.19. The molecular formula is C6H6O6. The van der Waals surface area contributed by atoms with Crippen molar-refractivity contribution in [1.82, 2.24) is 0 Å². The standard InChI is InChI=1S/C6H6O6/c7-4(8)1-2-6(11)12-3-5(9)10/h1-2H,3H2,(H,7,8)(H,9,10). The highest BCUT2D eigenvalue weighted by Gasteiger charge is 2.01. The van der Waals surface area contributed by atoms with Gasteiger partial charge in [0.15, 0.2) is 6.61 Å². The summed E-state index contributed by atoms with van der Waals surface area (Å²) in [7, 11) is 0. The highest BCUT2D eigenvalue weighted by atomic mass is 16.5. The second kappa shape index (κ2) is 4.89. The molecule has 0 aromatic rings. The van der Waals surface area contributed by atoms with Gasteiger partial charge in [0, 0.05) is 12.2 Å². The molecule has 0 unspecified atom stereocenters. The minimum absolute atomic E-state index is 0.560. The molecule has 0 aliphatic carbocycles. The molecule has 0 bridgehead atoms. The molecule has 0 spiro atoms. The van der Waals surface area contributed by atoms with E-state index in [0.717, 1.165) is 0 Å². The molecule has 0 saturated heterocycles. The molecule has 6 nitrogen and oxygen atoms in total. The molecule has 0 aromatic heterocycles. The molecule has 0 atom stereocenters. The van der Waals surface area contributed by atoms with Crippen LogP contribution in [-0.2, 0) is 19.1 Å². The lowest BCUT2D eigenvalue weighted by Gasteiger charge is -1.94. The zero-order chi connectivity index (χ0) is 9.56. The molecule has 0 saturated carbocycles. The molecule has 0 heterocycles. The molecular weight excluding hydrogens is 168 g/mol. The summed E-state index contributed by atoms with van der Waals surface area (Å²) in [5.41, 5.74) is 0. The lowest BCUT2D eigenvalue weighted by Crippen LogP contribution is -2.11. The van der Waals surface area contributed by atoms with Gasteiger partial charge in [-0.1, -0.05) is 0 Å². The van der Waals surface area contributed by atoms with Gasteiger partial charge in [-0.25, -0.2) is 14.4 Å². The molecule has 0 aliphatic heterocycles. The summed E-state index contributed by atoms with van der Waals surface area (Å²) in [4.78, 5) is 30.1. The van der Waals surface area contributed by atoms with E-state index in [1.165, 1.54) is 0 Å². The van der Waals surface area contributed by atoms with Crippen LogP contribution in [0, 0.1) is 0 Å². The average Bonchev–Trinajstić information content (AvgIpc) is 1.96. The van der Waals surface area contributed by atoms with E-state index >= 15 is 0 Å². The van der Waals surface area contributed by atoms with Crippen molar-refractivity contribution in [2.24, 2.45) is 0 Å². The number of ether oxygens (including phenoxy) is 1. The molecule has 0 amide bonds. The van der Waals surface area contributed by atoms with Crippen molar-refractivity contribution in [2.75, 3.05) is 6.61 Å². The van der Waals surface area contributed by atoms with Crippen LogP contribution in [0.5, 0.6) is 0 Å². The first-order valence-electron chi connectivity index (χ1n) is 2.82. The van der Waals surface area contributed by atoms with Gasteiger partial charge in [-0.05, 0) is 0 Å². The Morgan fingerprint density at radius 2 is 1.75 bits per heavy atom. The Labute approximate surface area is 67.1 Å². The molecule has 12 heavy (non-hydrogen) atoms. The van der Waals surface area contributed by atoms with Crippen LogP contribution in [0.15, 0.2) is 12.2 Å². The second-order valence-electron chi connectivity index (χ2n) is 1.67. The summed E-state index contributed by atoms with van der Waals surface area (Å²) in [6, 6.07) is 0. The number of carbonyl (C=O) groups is 3. The van der Waals surface area contributed by atoms with E-state index in [0.29, 0.717) is 12.2 Å². The molecule has 6 heteroatoms. The lowest BCUT2D eigenvalue weighted by atomic mass is 10.5. The van der Waals surface area contributed by atoms with Crippen LogP contribution in [0.3, 0.4) is 0 Å². The molecule has 0 aromatic carbocycles. The van der Waals surface area contributed by atoms with Crippen LogP contribution in [0.1, 0.15) is 0 Å². The van der Waals surface area contributed by atoms with Crippen LogP contribution in [0.25, 0.3) is 0 Å². The van der Waals surface area contributed by atoms with Crippen molar-refractivity contribution < 1.29 is 29.3 Å². The summed E-state index contributed by atoms with van der Waals surface area (Å²) in [6.45, 7) is -0.775. The van der Waals surface area contributed by atoms with Crippen LogP contribution in [0.4, 0.5) is 0 Å². The maximum absolute atomic E-state index is 10.4.